The second-order valence-electron chi connectivity index (χ2n) is 2.26. The highest BCUT2D eigenvalue weighted by Gasteiger charge is 2.22. The van der Waals surface area contributed by atoms with Gasteiger partial charge in [0.05, 0.1) is 12.7 Å². The molecule has 0 aromatic heterocycles. The monoisotopic (exact) mass is 161 g/mol. The first-order chi connectivity index (χ1) is 5.13. The molecule has 0 saturated heterocycles. The maximum Gasteiger partial charge on any atom is 0.325 e. The Bertz CT molecular complexity index is 125. The average Bonchev–Trinajstić information content (AvgIpc) is 1.88. The lowest BCUT2D eigenvalue weighted by atomic mass is 10.2. The van der Waals surface area contributed by atoms with Gasteiger partial charge < -0.3 is 15.2 Å². The van der Waals surface area contributed by atoms with Gasteiger partial charge >= 0.3 is 5.97 Å². The highest BCUT2D eigenvalue weighted by atomic mass is 16.5. The molecule has 0 bridgehead atoms. The van der Waals surface area contributed by atoms with Gasteiger partial charge in [0.25, 0.3) is 0 Å². The summed E-state index contributed by atoms with van der Waals surface area (Å²) in [6.07, 6.45) is -0.723. The number of carbonyl (C=O) groups is 1. The summed E-state index contributed by atoms with van der Waals surface area (Å²) in [6, 6.07) is -0.616. The van der Waals surface area contributed by atoms with Crippen molar-refractivity contribution in [2.45, 2.75) is 26.0 Å². The van der Waals surface area contributed by atoms with E-state index in [2.05, 4.69) is 5.32 Å². The lowest BCUT2D eigenvalue weighted by Gasteiger charge is -2.16. The molecule has 0 rings (SSSR count). The Kier molecular flexibility index (Phi) is 4.81. The molecule has 1 unspecified atom stereocenters. The van der Waals surface area contributed by atoms with Crippen LogP contribution in [0.1, 0.15) is 13.8 Å². The number of aliphatic hydroxyl groups excluding tert-OH is 1. The summed E-state index contributed by atoms with van der Waals surface area (Å²) in [5.41, 5.74) is 0. The summed E-state index contributed by atoms with van der Waals surface area (Å²) in [6.45, 7) is 3.61. The molecule has 0 aliphatic rings. The van der Waals surface area contributed by atoms with Gasteiger partial charge in [0, 0.05) is 0 Å². The first-order valence-corrected chi connectivity index (χ1v) is 3.65. The predicted octanol–water partition coefficient (Wildman–Crippen LogP) is -0.482. The number of hydrogen-bond donors (Lipinski definition) is 2. The van der Waals surface area contributed by atoms with Gasteiger partial charge in [0.1, 0.15) is 6.04 Å². The van der Waals surface area contributed by atoms with Crippen molar-refractivity contribution in [3.05, 3.63) is 0 Å². The maximum atomic E-state index is 11.0. The predicted molar refractivity (Wildman–Crippen MR) is 41.2 cm³/mol. The molecule has 0 aromatic carbocycles. The summed E-state index contributed by atoms with van der Waals surface area (Å²) in [5, 5.41) is 11.7. The van der Waals surface area contributed by atoms with Gasteiger partial charge in [-0.15, -0.1) is 0 Å². The average molecular weight is 161 g/mol. The lowest BCUT2D eigenvalue weighted by molar-refractivity contribution is -0.148. The first kappa shape index (κ1) is 10.4. The number of esters is 1. The van der Waals surface area contributed by atoms with Crippen molar-refractivity contribution < 1.29 is 14.6 Å². The van der Waals surface area contributed by atoms with Crippen molar-refractivity contribution in [2.24, 2.45) is 0 Å². The van der Waals surface area contributed by atoms with Crippen LogP contribution in [-0.2, 0) is 9.53 Å². The van der Waals surface area contributed by atoms with Crippen molar-refractivity contribution >= 4 is 5.97 Å². The van der Waals surface area contributed by atoms with Crippen molar-refractivity contribution in [3.63, 3.8) is 0 Å². The van der Waals surface area contributed by atoms with E-state index in [0.717, 1.165) is 0 Å². The minimum absolute atomic E-state index is 0.337. The summed E-state index contributed by atoms with van der Waals surface area (Å²) in [5.74, 6) is -0.412. The van der Waals surface area contributed by atoms with Crippen molar-refractivity contribution in [1.82, 2.24) is 5.32 Å². The molecule has 66 valence electrons. The molecular formula is C7H15NO3. The van der Waals surface area contributed by atoms with E-state index < -0.39 is 18.1 Å². The molecule has 0 spiro atoms. The first-order valence-electron chi connectivity index (χ1n) is 3.65. The molecule has 2 atom stereocenters. The minimum Gasteiger partial charge on any atom is -0.465 e. The van der Waals surface area contributed by atoms with Crippen LogP contribution >= 0.6 is 0 Å². The summed E-state index contributed by atoms with van der Waals surface area (Å²) in [4.78, 5) is 11.0. The molecule has 0 saturated carbocycles. The van der Waals surface area contributed by atoms with E-state index in [4.69, 9.17) is 9.84 Å². The van der Waals surface area contributed by atoms with Gasteiger partial charge in [-0.25, -0.2) is 0 Å². The molecule has 0 fully saturated rings. The van der Waals surface area contributed by atoms with Crippen molar-refractivity contribution in [2.75, 3.05) is 13.7 Å². The van der Waals surface area contributed by atoms with Gasteiger partial charge in [-0.05, 0) is 20.9 Å². The Labute approximate surface area is 66.5 Å². The van der Waals surface area contributed by atoms with Gasteiger partial charge in [-0.3, -0.25) is 4.79 Å². The number of likely N-dealkylation sites (N-methyl/N-ethyl adjacent to an activating group) is 1. The maximum absolute atomic E-state index is 11.0. The van der Waals surface area contributed by atoms with Crippen molar-refractivity contribution in [3.8, 4) is 0 Å². The van der Waals surface area contributed by atoms with Crippen LogP contribution in [0.5, 0.6) is 0 Å². The smallest absolute Gasteiger partial charge is 0.325 e. The molecule has 0 radical (unpaired) electrons. The van der Waals surface area contributed by atoms with E-state index >= 15 is 0 Å². The van der Waals surface area contributed by atoms with Crippen LogP contribution in [0.3, 0.4) is 0 Å². The SMILES string of the molecule is CCOC(=O)[C@@H](NC)C(C)O. The lowest BCUT2D eigenvalue weighted by Crippen LogP contribution is -2.43. The molecule has 0 aliphatic carbocycles. The molecule has 0 aliphatic heterocycles. The third kappa shape index (κ3) is 3.34. The normalized spacial score (nSPS) is 15.6. The molecule has 11 heavy (non-hydrogen) atoms. The number of carbonyl (C=O) groups excluding carboxylic acids is 1. The Morgan fingerprint density at radius 2 is 2.27 bits per heavy atom. The third-order valence-corrected chi connectivity index (χ3v) is 1.33. The fraction of sp³-hybridized carbons (Fsp3) is 0.857. The second kappa shape index (κ2) is 5.09. The van der Waals surface area contributed by atoms with Gasteiger partial charge in [0.2, 0.25) is 0 Å². The molecule has 4 heteroatoms. The minimum atomic E-state index is -0.723. The number of ether oxygens (including phenoxy) is 1. The number of hydrogen-bond acceptors (Lipinski definition) is 4. The second-order valence-corrected chi connectivity index (χ2v) is 2.26. The zero-order valence-corrected chi connectivity index (χ0v) is 7.13. The van der Waals surface area contributed by atoms with E-state index in [1.54, 1.807) is 14.0 Å². The summed E-state index contributed by atoms with van der Waals surface area (Å²) in [7, 11) is 1.61. The van der Waals surface area contributed by atoms with Crippen LogP contribution in [-0.4, -0.2) is 36.9 Å². The van der Waals surface area contributed by atoms with Gasteiger partial charge in [0.15, 0.2) is 0 Å². The summed E-state index contributed by atoms with van der Waals surface area (Å²) < 4.78 is 4.69. The molecular weight excluding hydrogens is 146 g/mol. The van der Waals surface area contributed by atoms with Crippen LogP contribution in [0.2, 0.25) is 0 Å². The molecule has 0 amide bonds. The fourth-order valence-electron chi connectivity index (χ4n) is 0.788. The van der Waals surface area contributed by atoms with Crippen LogP contribution in [0, 0.1) is 0 Å². The standard InChI is InChI=1S/C7H15NO3/c1-4-11-7(10)6(8-3)5(2)9/h5-6,8-9H,4H2,1-3H3/t5?,6-/m0/s1. The quantitative estimate of drug-likeness (QED) is 0.547. The number of nitrogens with one attached hydrogen (secondary N) is 1. The van der Waals surface area contributed by atoms with Crippen molar-refractivity contribution in [1.29, 1.82) is 0 Å². The zero-order chi connectivity index (χ0) is 8.85. The Morgan fingerprint density at radius 1 is 1.73 bits per heavy atom. The zero-order valence-electron chi connectivity index (χ0n) is 7.13. The number of rotatable bonds is 4. The van der Waals surface area contributed by atoms with E-state index in [1.165, 1.54) is 6.92 Å². The van der Waals surface area contributed by atoms with Crippen LogP contribution in [0.4, 0.5) is 0 Å². The summed E-state index contributed by atoms with van der Waals surface area (Å²) >= 11 is 0. The number of aliphatic hydroxyl groups is 1. The van der Waals surface area contributed by atoms with E-state index in [9.17, 15) is 4.79 Å². The van der Waals surface area contributed by atoms with Gasteiger partial charge in [-0.2, -0.15) is 0 Å². The van der Waals surface area contributed by atoms with E-state index in [0.29, 0.717) is 6.61 Å². The Morgan fingerprint density at radius 3 is 2.55 bits per heavy atom. The highest BCUT2D eigenvalue weighted by molar-refractivity contribution is 5.76. The largest absolute Gasteiger partial charge is 0.465 e. The third-order valence-electron chi connectivity index (χ3n) is 1.33. The topological polar surface area (TPSA) is 58.6 Å². The fourth-order valence-corrected chi connectivity index (χ4v) is 0.788. The Hall–Kier alpha value is -0.610. The van der Waals surface area contributed by atoms with Crippen LogP contribution in [0.15, 0.2) is 0 Å². The van der Waals surface area contributed by atoms with Gasteiger partial charge in [-0.1, -0.05) is 0 Å². The molecule has 2 N–H and O–H groups in total. The Balaban J connectivity index is 3.92. The molecule has 0 heterocycles. The van der Waals surface area contributed by atoms with E-state index in [-0.39, 0.29) is 0 Å². The van der Waals surface area contributed by atoms with Crippen LogP contribution < -0.4 is 5.32 Å². The molecule has 0 aromatic rings. The van der Waals surface area contributed by atoms with E-state index in [1.807, 2.05) is 0 Å². The highest BCUT2D eigenvalue weighted by Crippen LogP contribution is 1.94. The molecule has 4 nitrogen and oxygen atoms in total. The van der Waals surface area contributed by atoms with Crippen LogP contribution in [0.25, 0.3) is 0 Å².